The molecule has 0 N–H and O–H groups in total. The zero-order valence-corrected chi connectivity index (χ0v) is 14.1. The summed E-state index contributed by atoms with van der Waals surface area (Å²) in [6.07, 6.45) is 5.58. The van der Waals surface area contributed by atoms with Crippen molar-refractivity contribution < 1.29 is 0 Å². The van der Waals surface area contributed by atoms with E-state index in [4.69, 9.17) is 0 Å². The first-order valence-electron chi connectivity index (χ1n) is 8.40. The van der Waals surface area contributed by atoms with E-state index in [1.165, 1.54) is 0 Å². The molecule has 1 saturated heterocycles. The molecule has 1 aliphatic heterocycles. The van der Waals surface area contributed by atoms with Crippen molar-refractivity contribution in [2.45, 2.75) is 33.0 Å². The number of aromatic nitrogens is 6. The summed E-state index contributed by atoms with van der Waals surface area (Å²) in [6.45, 7) is 9.22. The Morgan fingerprint density at radius 1 is 1.25 bits per heavy atom. The number of fused-ring (bicyclic) bond motifs is 1. The van der Waals surface area contributed by atoms with Crippen LogP contribution >= 0.6 is 0 Å². The van der Waals surface area contributed by atoms with E-state index in [0.717, 1.165) is 50.0 Å². The van der Waals surface area contributed by atoms with Gasteiger partial charge in [0.25, 0.3) is 0 Å². The minimum atomic E-state index is 0.394. The van der Waals surface area contributed by atoms with Gasteiger partial charge in [-0.05, 0) is 26.0 Å². The molecule has 3 aromatic rings. The number of imidazole rings is 1. The van der Waals surface area contributed by atoms with Gasteiger partial charge in [0.15, 0.2) is 5.65 Å². The molecule has 0 unspecified atom stereocenters. The second-order valence-corrected chi connectivity index (χ2v) is 6.23. The predicted octanol–water partition coefficient (Wildman–Crippen LogP) is 1.05. The Morgan fingerprint density at radius 2 is 2.17 bits per heavy atom. The van der Waals surface area contributed by atoms with Crippen molar-refractivity contribution in [3.05, 3.63) is 36.7 Å². The summed E-state index contributed by atoms with van der Waals surface area (Å²) in [4.78, 5) is 9.30. The predicted molar refractivity (Wildman–Crippen MR) is 90.8 cm³/mol. The zero-order chi connectivity index (χ0) is 16.5. The number of piperazine rings is 1. The maximum Gasteiger partial charge on any atom is 0.177 e. The molecular weight excluding hydrogens is 304 g/mol. The fraction of sp³-hybridized carbons (Fsp3) is 0.500. The summed E-state index contributed by atoms with van der Waals surface area (Å²) in [5, 5.41) is 12.5. The van der Waals surface area contributed by atoms with Gasteiger partial charge in [0.1, 0.15) is 18.0 Å². The Morgan fingerprint density at radius 3 is 3.00 bits per heavy atom. The van der Waals surface area contributed by atoms with Crippen LogP contribution in [0.5, 0.6) is 0 Å². The lowest BCUT2D eigenvalue weighted by Gasteiger charge is -2.40. The molecule has 8 nitrogen and oxygen atoms in total. The summed E-state index contributed by atoms with van der Waals surface area (Å²) in [5.41, 5.74) is 0.774. The lowest BCUT2D eigenvalue weighted by atomic mass is 10.2. The van der Waals surface area contributed by atoms with Crippen LogP contribution < -0.4 is 4.90 Å². The van der Waals surface area contributed by atoms with Crippen molar-refractivity contribution in [3.8, 4) is 0 Å². The molecule has 0 amide bonds. The third kappa shape index (κ3) is 2.73. The van der Waals surface area contributed by atoms with Crippen LogP contribution in [-0.4, -0.2) is 59.9 Å². The molecule has 24 heavy (non-hydrogen) atoms. The molecule has 0 saturated carbocycles. The van der Waals surface area contributed by atoms with Crippen molar-refractivity contribution in [1.82, 2.24) is 34.3 Å². The fourth-order valence-electron chi connectivity index (χ4n) is 3.37. The molecule has 0 radical (unpaired) electrons. The largest absolute Gasteiger partial charge is 0.350 e. The van der Waals surface area contributed by atoms with Crippen LogP contribution in [0, 0.1) is 0 Å². The van der Waals surface area contributed by atoms with Gasteiger partial charge in [-0.25, -0.2) is 4.98 Å². The van der Waals surface area contributed by atoms with Gasteiger partial charge in [-0.3, -0.25) is 4.90 Å². The van der Waals surface area contributed by atoms with Gasteiger partial charge < -0.3 is 9.47 Å². The second kappa shape index (κ2) is 6.20. The van der Waals surface area contributed by atoms with E-state index in [1.54, 1.807) is 10.8 Å². The Labute approximate surface area is 140 Å². The van der Waals surface area contributed by atoms with Gasteiger partial charge in [0, 0.05) is 44.6 Å². The number of anilines is 1. The van der Waals surface area contributed by atoms with Crippen LogP contribution in [0.15, 0.2) is 30.9 Å². The van der Waals surface area contributed by atoms with Gasteiger partial charge in [0.2, 0.25) is 0 Å². The molecule has 0 aromatic carbocycles. The van der Waals surface area contributed by atoms with Crippen LogP contribution in [-0.2, 0) is 13.1 Å². The molecular formula is C16H22N8. The third-order valence-electron chi connectivity index (χ3n) is 4.66. The monoisotopic (exact) mass is 326 g/mol. The normalized spacial score (nSPS) is 19.2. The van der Waals surface area contributed by atoms with Gasteiger partial charge in [-0.2, -0.15) is 4.52 Å². The van der Waals surface area contributed by atoms with Crippen LogP contribution in [0.3, 0.4) is 0 Å². The smallest absolute Gasteiger partial charge is 0.177 e. The zero-order valence-electron chi connectivity index (χ0n) is 14.1. The molecule has 4 heterocycles. The highest BCUT2D eigenvalue weighted by atomic mass is 15.4. The van der Waals surface area contributed by atoms with Crippen molar-refractivity contribution in [1.29, 1.82) is 0 Å². The first-order valence-corrected chi connectivity index (χ1v) is 8.40. The summed E-state index contributed by atoms with van der Waals surface area (Å²) in [5.74, 6) is 2.12. The minimum absolute atomic E-state index is 0.394. The number of hydrogen-bond donors (Lipinski definition) is 0. The highest BCUT2D eigenvalue weighted by molar-refractivity contribution is 5.46. The first-order chi connectivity index (χ1) is 11.7. The highest BCUT2D eigenvalue weighted by Crippen LogP contribution is 2.19. The van der Waals surface area contributed by atoms with E-state index < -0.39 is 0 Å². The van der Waals surface area contributed by atoms with Crippen molar-refractivity contribution in [3.63, 3.8) is 0 Å². The van der Waals surface area contributed by atoms with Gasteiger partial charge >= 0.3 is 0 Å². The Hall–Kier alpha value is -2.48. The number of aryl methyl sites for hydroxylation is 1. The molecule has 4 rings (SSSR count). The minimum Gasteiger partial charge on any atom is -0.350 e. The molecule has 3 aromatic heterocycles. The lowest BCUT2D eigenvalue weighted by molar-refractivity contribution is 0.213. The van der Waals surface area contributed by atoms with E-state index >= 15 is 0 Å². The molecule has 0 bridgehead atoms. The quantitative estimate of drug-likeness (QED) is 0.714. The molecule has 1 fully saturated rings. The Balaban J connectivity index is 1.46. The Kier molecular flexibility index (Phi) is 3.89. The molecule has 1 aliphatic rings. The van der Waals surface area contributed by atoms with E-state index in [0.29, 0.717) is 6.04 Å². The van der Waals surface area contributed by atoms with Crippen molar-refractivity contribution in [2.24, 2.45) is 0 Å². The number of rotatable bonds is 4. The van der Waals surface area contributed by atoms with E-state index in [9.17, 15) is 0 Å². The standard InChI is InChI=1S/C16H22N8/c1-3-22-7-6-17-16(22)11-21-8-9-23(13(2)10-21)15-5-4-14-19-18-12-24(14)20-15/h4-7,12-13H,3,8-11H2,1-2H3/t13-/m0/s1. The third-order valence-corrected chi connectivity index (χ3v) is 4.66. The average Bonchev–Trinajstić information content (AvgIpc) is 3.23. The SMILES string of the molecule is CCn1ccnc1CN1CCN(c2ccc3nncn3n2)[C@@H](C)C1. The van der Waals surface area contributed by atoms with Crippen LogP contribution in [0.25, 0.3) is 5.65 Å². The van der Waals surface area contributed by atoms with E-state index in [-0.39, 0.29) is 0 Å². The molecule has 0 aliphatic carbocycles. The first kappa shape index (κ1) is 15.1. The van der Waals surface area contributed by atoms with Crippen LogP contribution in [0.2, 0.25) is 0 Å². The van der Waals surface area contributed by atoms with Crippen LogP contribution in [0.4, 0.5) is 5.82 Å². The van der Waals surface area contributed by atoms with Gasteiger partial charge in [-0.1, -0.05) is 0 Å². The number of nitrogens with zero attached hydrogens (tertiary/aromatic N) is 8. The summed E-state index contributed by atoms with van der Waals surface area (Å²) in [7, 11) is 0. The van der Waals surface area contributed by atoms with Crippen molar-refractivity contribution >= 4 is 11.5 Å². The second-order valence-electron chi connectivity index (χ2n) is 6.23. The average molecular weight is 326 g/mol. The van der Waals surface area contributed by atoms with Gasteiger partial charge in [-0.15, -0.1) is 15.3 Å². The molecule has 0 spiro atoms. The summed E-state index contributed by atoms with van der Waals surface area (Å²) < 4.78 is 3.94. The highest BCUT2D eigenvalue weighted by Gasteiger charge is 2.25. The molecule has 1 atom stereocenters. The maximum atomic E-state index is 4.62. The molecule has 8 heteroatoms. The van der Waals surface area contributed by atoms with Gasteiger partial charge in [0.05, 0.1) is 6.54 Å². The fourth-order valence-corrected chi connectivity index (χ4v) is 3.37. The topological polar surface area (TPSA) is 67.4 Å². The van der Waals surface area contributed by atoms with Crippen LogP contribution in [0.1, 0.15) is 19.7 Å². The summed E-state index contributed by atoms with van der Waals surface area (Å²) >= 11 is 0. The molecule has 126 valence electrons. The lowest BCUT2D eigenvalue weighted by Crippen LogP contribution is -2.52. The Bertz CT molecular complexity index is 822. The number of hydrogen-bond acceptors (Lipinski definition) is 6. The van der Waals surface area contributed by atoms with Crippen molar-refractivity contribution in [2.75, 3.05) is 24.5 Å². The maximum absolute atomic E-state index is 4.62. The summed E-state index contributed by atoms with van der Waals surface area (Å²) in [6, 6.07) is 4.39. The van der Waals surface area contributed by atoms with E-state index in [2.05, 4.69) is 48.5 Å². The van der Waals surface area contributed by atoms with E-state index in [1.807, 2.05) is 24.5 Å².